The zero-order valence-corrected chi connectivity index (χ0v) is 11.5. The predicted molar refractivity (Wildman–Crippen MR) is 69.0 cm³/mol. The fourth-order valence-corrected chi connectivity index (χ4v) is 2.14. The van der Waals surface area contributed by atoms with Gasteiger partial charge in [0, 0.05) is 10.5 Å². The van der Waals surface area contributed by atoms with Crippen LogP contribution in [-0.2, 0) is 4.74 Å². The van der Waals surface area contributed by atoms with E-state index in [2.05, 4.69) is 21.2 Å². The number of hydrogen-bond donors (Lipinski definition) is 1. The summed E-state index contributed by atoms with van der Waals surface area (Å²) in [6, 6.07) is 4.04. The van der Waals surface area contributed by atoms with Gasteiger partial charge in [-0.05, 0) is 54.4 Å². The summed E-state index contributed by atoms with van der Waals surface area (Å²) in [5, 5.41) is 3.24. The lowest BCUT2D eigenvalue weighted by Gasteiger charge is -2.16. The second-order valence-corrected chi connectivity index (χ2v) is 4.81. The summed E-state index contributed by atoms with van der Waals surface area (Å²) in [6.07, 6.45) is 0. The highest BCUT2D eigenvalue weighted by Gasteiger charge is 2.15. The molecule has 88 valence electrons. The van der Waals surface area contributed by atoms with Gasteiger partial charge in [0.15, 0.2) is 0 Å². The topological polar surface area (TPSA) is 38.3 Å². The number of ether oxygens (including phenoxy) is 1. The molecule has 0 saturated carbocycles. The molecule has 0 saturated heterocycles. The van der Waals surface area contributed by atoms with Gasteiger partial charge in [0.2, 0.25) is 0 Å². The molecule has 0 amide bonds. The van der Waals surface area contributed by atoms with E-state index in [0.29, 0.717) is 5.56 Å². The van der Waals surface area contributed by atoms with Crippen LogP contribution in [0.1, 0.15) is 29.8 Å². The molecule has 0 fully saturated rings. The van der Waals surface area contributed by atoms with Gasteiger partial charge < -0.3 is 10.1 Å². The number of carbonyl (C=O) groups excluding carboxylic acids is 1. The van der Waals surface area contributed by atoms with Crippen LogP contribution in [0.2, 0.25) is 0 Å². The fourth-order valence-electron chi connectivity index (χ4n) is 1.45. The molecule has 1 aromatic rings. The number of rotatable bonds is 3. The van der Waals surface area contributed by atoms with Crippen LogP contribution >= 0.6 is 15.9 Å². The summed E-state index contributed by atoms with van der Waals surface area (Å²) in [7, 11) is 1.39. The highest BCUT2D eigenvalue weighted by atomic mass is 79.9. The van der Waals surface area contributed by atoms with E-state index in [1.165, 1.54) is 7.11 Å². The van der Waals surface area contributed by atoms with E-state index < -0.39 is 0 Å². The molecule has 0 atom stereocenters. The second-order valence-electron chi connectivity index (χ2n) is 3.96. The quantitative estimate of drug-likeness (QED) is 0.866. The molecule has 1 rings (SSSR count). The SMILES string of the molecule is COC(=O)c1cc(C)cc(Br)c1NC(C)C. The number of methoxy groups -OCH3 is 1. The number of carbonyl (C=O) groups is 1. The third kappa shape index (κ3) is 2.98. The first kappa shape index (κ1) is 13.0. The Morgan fingerprint density at radius 1 is 1.44 bits per heavy atom. The Labute approximate surface area is 104 Å². The highest BCUT2D eigenvalue weighted by Crippen LogP contribution is 2.29. The summed E-state index contributed by atoms with van der Waals surface area (Å²) in [5.74, 6) is -0.326. The normalized spacial score (nSPS) is 10.4. The van der Waals surface area contributed by atoms with Crippen LogP contribution in [0.25, 0.3) is 0 Å². The number of aryl methyl sites for hydroxylation is 1. The molecule has 0 heterocycles. The monoisotopic (exact) mass is 285 g/mol. The van der Waals surface area contributed by atoms with Crippen LogP contribution in [0, 0.1) is 6.92 Å². The number of benzene rings is 1. The fraction of sp³-hybridized carbons (Fsp3) is 0.417. The van der Waals surface area contributed by atoms with E-state index >= 15 is 0 Å². The Morgan fingerprint density at radius 2 is 2.06 bits per heavy atom. The Balaban J connectivity index is 3.26. The first-order valence-corrected chi connectivity index (χ1v) is 5.90. The van der Waals surface area contributed by atoms with Crippen molar-refractivity contribution in [1.82, 2.24) is 0 Å². The van der Waals surface area contributed by atoms with E-state index in [0.717, 1.165) is 15.7 Å². The Bertz CT molecular complexity index is 402. The molecule has 16 heavy (non-hydrogen) atoms. The van der Waals surface area contributed by atoms with Gasteiger partial charge in [-0.25, -0.2) is 4.79 Å². The van der Waals surface area contributed by atoms with Gasteiger partial charge in [-0.3, -0.25) is 0 Å². The first-order valence-electron chi connectivity index (χ1n) is 5.10. The molecule has 0 aliphatic heterocycles. The summed E-state index contributed by atoms with van der Waals surface area (Å²) < 4.78 is 5.65. The van der Waals surface area contributed by atoms with Crippen molar-refractivity contribution in [2.24, 2.45) is 0 Å². The zero-order valence-electron chi connectivity index (χ0n) is 9.93. The van der Waals surface area contributed by atoms with Crippen molar-refractivity contribution in [1.29, 1.82) is 0 Å². The standard InChI is InChI=1S/C12H16BrNO2/c1-7(2)14-11-9(12(15)16-4)5-8(3)6-10(11)13/h5-7,14H,1-4H3. The minimum Gasteiger partial charge on any atom is -0.465 e. The maximum Gasteiger partial charge on any atom is 0.340 e. The third-order valence-electron chi connectivity index (χ3n) is 2.07. The highest BCUT2D eigenvalue weighted by molar-refractivity contribution is 9.10. The van der Waals surface area contributed by atoms with Crippen molar-refractivity contribution in [3.63, 3.8) is 0 Å². The Hall–Kier alpha value is -1.03. The molecule has 1 aromatic carbocycles. The summed E-state index contributed by atoms with van der Waals surface area (Å²) in [4.78, 5) is 11.6. The van der Waals surface area contributed by atoms with E-state index in [4.69, 9.17) is 4.74 Å². The lowest BCUT2D eigenvalue weighted by molar-refractivity contribution is 0.0601. The number of anilines is 1. The molecule has 0 bridgehead atoms. The largest absolute Gasteiger partial charge is 0.465 e. The van der Waals surface area contributed by atoms with Gasteiger partial charge in [0.05, 0.1) is 18.4 Å². The smallest absolute Gasteiger partial charge is 0.340 e. The van der Waals surface area contributed by atoms with E-state index in [1.54, 1.807) is 0 Å². The predicted octanol–water partition coefficient (Wildman–Crippen LogP) is 3.36. The molecule has 4 heteroatoms. The van der Waals surface area contributed by atoms with Gasteiger partial charge in [0.25, 0.3) is 0 Å². The van der Waals surface area contributed by atoms with Crippen molar-refractivity contribution in [3.8, 4) is 0 Å². The molecule has 0 aliphatic carbocycles. The van der Waals surface area contributed by atoms with Gasteiger partial charge >= 0.3 is 5.97 Å². The molecule has 0 spiro atoms. The van der Waals surface area contributed by atoms with Crippen LogP contribution in [0.3, 0.4) is 0 Å². The van der Waals surface area contributed by atoms with Gasteiger partial charge in [-0.1, -0.05) is 0 Å². The number of hydrogen-bond acceptors (Lipinski definition) is 3. The van der Waals surface area contributed by atoms with Crippen molar-refractivity contribution in [2.45, 2.75) is 26.8 Å². The lowest BCUT2D eigenvalue weighted by Crippen LogP contribution is -2.15. The van der Waals surface area contributed by atoms with Crippen molar-refractivity contribution >= 4 is 27.6 Å². The van der Waals surface area contributed by atoms with Gasteiger partial charge in [-0.2, -0.15) is 0 Å². The molecule has 1 N–H and O–H groups in total. The van der Waals surface area contributed by atoms with Crippen molar-refractivity contribution < 1.29 is 9.53 Å². The van der Waals surface area contributed by atoms with E-state index in [-0.39, 0.29) is 12.0 Å². The molecule has 0 unspecified atom stereocenters. The van der Waals surface area contributed by atoms with E-state index in [9.17, 15) is 4.79 Å². The maximum atomic E-state index is 11.6. The molecule has 0 aromatic heterocycles. The average Bonchev–Trinajstić information content (AvgIpc) is 2.20. The van der Waals surface area contributed by atoms with Crippen LogP contribution < -0.4 is 5.32 Å². The van der Waals surface area contributed by atoms with Crippen molar-refractivity contribution in [3.05, 3.63) is 27.7 Å². The number of esters is 1. The summed E-state index contributed by atoms with van der Waals surface area (Å²) >= 11 is 3.45. The van der Waals surface area contributed by atoms with Crippen LogP contribution in [0.15, 0.2) is 16.6 Å². The maximum absolute atomic E-state index is 11.6. The summed E-state index contributed by atoms with van der Waals surface area (Å²) in [6.45, 7) is 5.98. The first-order chi connectivity index (χ1) is 7.45. The van der Waals surface area contributed by atoms with Crippen LogP contribution in [0.4, 0.5) is 5.69 Å². The Kier molecular flexibility index (Phi) is 4.35. The Morgan fingerprint density at radius 3 is 2.56 bits per heavy atom. The van der Waals surface area contributed by atoms with Gasteiger partial charge in [-0.15, -0.1) is 0 Å². The molecular formula is C12H16BrNO2. The molecule has 0 radical (unpaired) electrons. The average molecular weight is 286 g/mol. The number of nitrogens with one attached hydrogen (secondary N) is 1. The third-order valence-corrected chi connectivity index (χ3v) is 2.70. The lowest BCUT2D eigenvalue weighted by atomic mass is 10.1. The minimum absolute atomic E-state index is 0.252. The number of halogens is 1. The second kappa shape index (κ2) is 5.34. The van der Waals surface area contributed by atoms with Gasteiger partial charge in [0.1, 0.15) is 0 Å². The van der Waals surface area contributed by atoms with Crippen LogP contribution in [-0.4, -0.2) is 19.1 Å². The molecule has 0 aliphatic rings. The zero-order chi connectivity index (χ0) is 12.3. The molecular weight excluding hydrogens is 270 g/mol. The van der Waals surface area contributed by atoms with E-state index in [1.807, 2.05) is 32.9 Å². The molecule has 3 nitrogen and oxygen atoms in total. The van der Waals surface area contributed by atoms with Crippen molar-refractivity contribution in [2.75, 3.05) is 12.4 Å². The summed E-state index contributed by atoms with van der Waals surface area (Å²) in [5.41, 5.74) is 2.36. The minimum atomic E-state index is -0.326. The van der Waals surface area contributed by atoms with Crippen LogP contribution in [0.5, 0.6) is 0 Å².